The number of carbonyl (C=O) groups is 1. The maximum absolute atomic E-state index is 12.3. The van der Waals surface area contributed by atoms with Crippen molar-refractivity contribution in [3.05, 3.63) is 24.3 Å². The highest BCUT2D eigenvalue weighted by Gasteiger charge is 2.25. The van der Waals surface area contributed by atoms with Crippen LogP contribution in [-0.4, -0.2) is 17.7 Å². The Morgan fingerprint density at radius 1 is 1.42 bits per heavy atom. The number of rotatable bonds is 4. The molecule has 3 N–H and O–H groups in total. The second kappa shape index (κ2) is 6.96. The van der Waals surface area contributed by atoms with Crippen molar-refractivity contribution in [3.8, 4) is 0 Å². The van der Waals surface area contributed by atoms with Crippen molar-refractivity contribution in [1.29, 1.82) is 0 Å². The van der Waals surface area contributed by atoms with Gasteiger partial charge < -0.3 is 11.1 Å². The van der Waals surface area contributed by atoms with Crippen molar-refractivity contribution in [3.63, 3.8) is 0 Å². The lowest BCUT2D eigenvalue weighted by atomic mass is 9.85. The first-order chi connectivity index (χ1) is 9.20. The minimum Gasteiger partial charge on any atom is -0.328 e. The quantitative estimate of drug-likeness (QED) is 0.831. The molecule has 4 heteroatoms. The van der Waals surface area contributed by atoms with Gasteiger partial charge in [-0.15, -0.1) is 11.8 Å². The minimum absolute atomic E-state index is 0.0726. The average Bonchev–Trinajstić information content (AvgIpc) is 2.41. The van der Waals surface area contributed by atoms with E-state index < -0.39 is 0 Å². The molecule has 0 heterocycles. The molecule has 1 aliphatic rings. The van der Waals surface area contributed by atoms with Crippen LogP contribution >= 0.6 is 11.8 Å². The molecule has 1 amide bonds. The van der Waals surface area contributed by atoms with Gasteiger partial charge in [0.05, 0.1) is 5.69 Å². The molecule has 1 saturated carbocycles. The Labute approximate surface area is 119 Å². The predicted octanol–water partition coefficient (Wildman–Crippen LogP) is 3.25. The molecule has 0 spiro atoms. The number of carbonyl (C=O) groups excluding carboxylic acids is 1. The molecule has 1 aliphatic carbocycles. The fourth-order valence-corrected chi connectivity index (χ4v) is 3.31. The summed E-state index contributed by atoms with van der Waals surface area (Å²) in [5, 5.41) is 3.07. The summed E-state index contributed by atoms with van der Waals surface area (Å²) in [4.78, 5) is 13.4. The third-order valence-corrected chi connectivity index (χ3v) is 4.49. The first-order valence-corrected chi connectivity index (χ1v) is 7.97. The molecule has 1 aromatic rings. The largest absolute Gasteiger partial charge is 0.328 e. The van der Waals surface area contributed by atoms with E-state index in [1.165, 1.54) is 0 Å². The highest BCUT2D eigenvalue weighted by Crippen LogP contribution is 2.29. The molecule has 2 rings (SSSR count). The summed E-state index contributed by atoms with van der Waals surface area (Å²) in [7, 11) is 0. The van der Waals surface area contributed by atoms with Crippen LogP contribution in [0.5, 0.6) is 0 Å². The van der Waals surface area contributed by atoms with Crippen molar-refractivity contribution in [2.45, 2.75) is 43.5 Å². The van der Waals surface area contributed by atoms with Crippen molar-refractivity contribution in [2.75, 3.05) is 11.1 Å². The molecule has 2 atom stereocenters. The number of hydrogen-bond acceptors (Lipinski definition) is 3. The van der Waals surface area contributed by atoms with E-state index in [-0.39, 0.29) is 17.9 Å². The number of hydrogen-bond donors (Lipinski definition) is 2. The molecule has 2 unspecified atom stereocenters. The van der Waals surface area contributed by atoms with Crippen molar-refractivity contribution < 1.29 is 4.79 Å². The smallest absolute Gasteiger partial charge is 0.227 e. The Morgan fingerprint density at radius 3 is 2.95 bits per heavy atom. The van der Waals surface area contributed by atoms with Gasteiger partial charge in [0.1, 0.15) is 0 Å². The van der Waals surface area contributed by atoms with Crippen molar-refractivity contribution >= 4 is 23.4 Å². The maximum atomic E-state index is 12.3. The molecule has 3 nitrogen and oxygen atoms in total. The number of nitrogens with two attached hydrogens (primary N) is 1. The van der Waals surface area contributed by atoms with E-state index >= 15 is 0 Å². The average molecular weight is 278 g/mol. The van der Waals surface area contributed by atoms with E-state index in [0.717, 1.165) is 42.0 Å². The van der Waals surface area contributed by atoms with Crippen LogP contribution in [0.1, 0.15) is 32.6 Å². The zero-order chi connectivity index (χ0) is 13.7. The summed E-state index contributed by atoms with van der Waals surface area (Å²) in [6.45, 7) is 2.11. The van der Waals surface area contributed by atoms with E-state index in [9.17, 15) is 4.79 Å². The van der Waals surface area contributed by atoms with Gasteiger partial charge in [-0.3, -0.25) is 4.79 Å². The predicted molar refractivity (Wildman–Crippen MR) is 81.4 cm³/mol. The van der Waals surface area contributed by atoms with Gasteiger partial charge in [-0.25, -0.2) is 0 Å². The third kappa shape index (κ3) is 3.98. The van der Waals surface area contributed by atoms with Crippen molar-refractivity contribution in [1.82, 2.24) is 0 Å². The lowest BCUT2D eigenvalue weighted by Gasteiger charge is -2.26. The summed E-state index contributed by atoms with van der Waals surface area (Å²) < 4.78 is 0. The molecule has 0 saturated heterocycles. The summed E-state index contributed by atoms with van der Waals surface area (Å²) >= 11 is 1.75. The molecular formula is C15H22N2OS. The highest BCUT2D eigenvalue weighted by atomic mass is 32.2. The molecule has 1 aromatic carbocycles. The fraction of sp³-hybridized carbons (Fsp3) is 0.533. The van der Waals surface area contributed by atoms with E-state index in [1.807, 2.05) is 18.2 Å². The van der Waals surface area contributed by atoms with Gasteiger partial charge in [0.2, 0.25) is 5.91 Å². The maximum Gasteiger partial charge on any atom is 0.227 e. The highest BCUT2D eigenvalue weighted by molar-refractivity contribution is 7.99. The molecule has 19 heavy (non-hydrogen) atoms. The number of nitrogens with one attached hydrogen (secondary N) is 1. The number of benzene rings is 1. The first-order valence-electron chi connectivity index (χ1n) is 6.99. The van der Waals surface area contributed by atoms with Crippen LogP contribution in [0.15, 0.2) is 29.2 Å². The standard InChI is InChI=1S/C15H22N2OS/c1-2-19-14-9-4-3-8-13(14)17-15(18)11-6-5-7-12(16)10-11/h3-4,8-9,11-12H,2,5-7,10,16H2,1H3,(H,17,18). The lowest BCUT2D eigenvalue weighted by molar-refractivity contribution is -0.120. The number of para-hydroxylation sites is 1. The second-order valence-corrected chi connectivity index (χ2v) is 6.35. The number of thioether (sulfide) groups is 1. The van der Waals surface area contributed by atoms with Crippen LogP contribution in [0.2, 0.25) is 0 Å². The van der Waals surface area contributed by atoms with Crippen LogP contribution in [0.3, 0.4) is 0 Å². The normalized spacial score (nSPS) is 23.1. The van der Waals surface area contributed by atoms with Crippen LogP contribution < -0.4 is 11.1 Å². The van der Waals surface area contributed by atoms with Gasteiger partial charge in [0, 0.05) is 16.9 Å². The summed E-state index contributed by atoms with van der Waals surface area (Å²) in [5.74, 6) is 1.20. The zero-order valence-electron chi connectivity index (χ0n) is 11.4. The van der Waals surface area contributed by atoms with Gasteiger partial charge in [0.15, 0.2) is 0 Å². The van der Waals surface area contributed by atoms with E-state index in [1.54, 1.807) is 11.8 Å². The topological polar surface area (TPSA) is 55.1 Å². The Balaban J connectivity index is 2.02. The molecule has 0 bridgehead atoms. The molecule has 0 aliphatic heterocycles. The Bertz CT molecular complexity index is 436. The fourth-order valence-electron chi connectivity index (χ4n) is 2.55. The van der Waals surface area contributed by atoms with Crippen molar-refractivity contribution in [2.24, 2.45) is 11.7 Å². The molecule has 0 radical (unpaired) electrons. The third-order valence-electron chi connectivity index (χ3n) is 3.53. The SMILES string of the molecule is CCSc1ccccc1NC(=O)C1CCCC(N)C1. The van der Waals surface area contributed by atoms with Crippen LogP contribution in [0, 0.1) is 5.92 Å². The second-order valence-electron chi connectivity index (χ2n) is 5.04. The molecular weight excluding hydrogens is 256 g/mol. The van der Waals surface area contributed by atoms with Gasteiger partial charge in [0.25, 0.3) is 0 Å². The zero-order valence-corrected chi connectivity index (χ0v) is 12.2. The van der Waals surface area contributed by atoms with Crippen LogP contribution in [0.4, 0.5) is 5.69 Å². The first kappa shape index (κ1) is 14.4. The van der Waals surface area contributed by atoms with Crippen LogP contribution in [0.25, 0.3) is 0 Å². The molecule has 1 fully saturated rings. The summed E-state index contributed by atoms with van der Waals surface area (Å²) in [5.41, 5.74) is 6.88. The monoisotopic (exact) mass is 278 g/mol. The van der Waals surface area contributed by atoms with Crippen LogP contribution in [-0.2, 0) is 4.79 Å². The number of amides is 1. The van der Waals surface area contributed by atoms with E-state index in [4.69, 9.17) is 5.73 Å². The van der Waals surface area contributed by atoms with E-state index in [0.29, 0.717) is 0 Å². The summed E-state index contributed by atoms with van der Waals surface area (Å²) in [6.07, 6.45) is 3.88. The number of anilines is 1. The Kier molecular flexibility index (Phi) is 5.28. The van der Waals surface area contributed by atoms with Gasteiger partial charge >= 0.3 is 0 Å². The summed E-state index contributed by atoms with van der Waals surface area (Å²) in [6, 6.07) is 8.17. The Hall–Kier alpha value is -1.00. The lowest BCUT2D eigenvalue weighted by Crippen LogP contribution is -2.34. The Morgan fingerprint density at radius 2 is 2.21 bits per heavy atom. The van der Waals surface area contributed by atoms with Gasteiger partial charge in [-0.1, -0.05) is 25.5 Å². The molecule has 0 aromatic heterocycles. The minimum atomic E-state index is 0.0726. The van der Waals surface area contributed by atoms with Gasteiger partial charge in [-0.05, 0) is 37.1 Å². The molecule has 104 valence electrons. The van der Waals surface area contributed by atoms with E-state index in [2.05, 4.69) is 18.3 Å². The van der Waals surface area contributed by atoms with Gasteiger partial charge in [-0.2, -0.15) is 0 Å².